The average Bonchev–Trinajstić information content (AvgIpc) is 2.00. The van der Waals surface area contributed by atoms with Crippen LogP contribution in [0.3, 0.4) is 0 Å². The smallest absolute Gasteiger partial charge is 0.333 e. The van der Waals surface area contributed by atoms with Gasteiger partial charge in [-0.3, -0.25) is 0 Å². The van der Waals surface area contributed by atoms with Gasteiger partial charge in [-0.05, 0) is 6.92 Å². The zero-order valence-electron chi connectivity index (χ0n) is 7.37. The number of aliphatic hydroxyl groups excluding tert-OH is 1. The molecule has 0 aromatic carbocycles. The predicted octanol–water partition coefficient (Wildman–Crippen LogP) is 0.113. The molecule has 12 heavy (non-hydrogen) atoms. The first-order valence-corrected chi connectivity index (χ1v) is 3.57. The first-order chi connectivity index (χ1) is 5.57. The summed E-state index contributed by atoms with van der Waals surface area (Å²) in [6.07, 6.45) is -0.765. The topological polar surface area (TPSA) is 55.8 Å². The molecule has 0 amide bonds. The Morgan fingerprint density at radius 3 is 2.58 bits per heavy atom. The molecule has 0 aliphatic rings. The normalized spacial score (nSPS) is 12.2. The fourth-order valence-corrected chi connectivity index (χ4v) is 0.536. The first kappa shape index (κ1) is 11.1. The number of hydrogen-bond acceptors (Lipinski definition) is 4. The van der Waals surface area contributed by atoms with Crippen molar-refractivity contribution in [2.75, 3.05) is 20.3 Å². The van der Waals surface area contributed by atoms with Gasteiger partial charge in [0.25, 0.3) is 0 Å². The highest BCUT2D eigenvalue weighted by Gasteiger charge is 2.08. The fraction of sp³-hybridized carbons (Fsp3) is 0.625. The van der Waals surface area contributed by atoms with Crippen LogP contribution in [0, 0.1) is 0 Å². The van der Waals surface area contributed by atoms with E-state index in [0.29, 0.717) is 5.57 Å². The standard InChI is InChI=1S/C8H14O4/c1-6(2)8(10)12-5-7(9)4-11-3/h7,9H,1,4-5H2,2-3H3. The molecule has 0 aliphatic carbocycles. The number of ether oxygens (including phenoxy) is 2. The monoisotopic (exact) mass is 174 g/mol. The maximum absolute atomic E-state index is 10.8. The molecule has 0 radical (unpaired) electrons. The maximum Gasteiger partial charge on any atom is 0.333 e. The van der Waals surface area contributed by atoms with Crippen molar-refractivity contribution in [1.82, 2.24) is 0 Å². The van der Waals surface area contributed by atoms with Gasteiger partial charge in [0.05, 0.1) is 6.61 Å². The molecule has 4 nitrogen and oxygen atoms in total. The number of rotatable bonds is 5. The Bertz CT molecular complexity index is 164. The summed E-state index contributed by atoms with van der Waals surface area (Å²) in [6.45, 7) is 5.04. The van der Waals surface area contributed by atoms with Crippen LogP contribution < -0.4 is 0 Å². The van der Waals surface area contributed by atoms with Crippen LogP contribution in [0.15, 0.2) is 12.2 Å². The maximum atomic E-state index is 10.8. The molecular weight excluding hydrogens is 160 g/mol. The highest BCUT2D eigenvalue weighted by molar-refractivity contribution is 5.86. The highest BCUT2D eigenvalue weighted by Crippen LogP contribution is 1.94. The van der Waals surface area contributed by atoms with Gasteiger partial charge in [0.2, 0.25) is 0 Å². The summed E-state index contributed by atoms with van der Waals surface area (Å²) < 4.78 is 9.28. The Morgan fingerprint density at radius 2 is 2.17 bits per heavy atom. The van der Waals surface area contributed by atoms with E-state index in [4.69, 9.17) is 5.11 Å². The van der Waals surface area contributed by atoms with Gasteiger partial charge in [-0.25, -0.2) is 4.79 Å². The second kappa shape index (κ2) is 5.74. The molecule has 0 rings (SSSR count). The largest absolute Gasteiger partial charge is 0.460 e. The molecule has 0 aromatic heterocycles. The predicted molar refractivity (Wildman–Crippen MR) is 43.7 cm³/mol. The summed E-state index contributed by atoms with van der Waals surface area (Å²) in [5.41, 5.74) is 0.319. The number of hydrogen-bond donors (Lipinski definition) is 1. The molecular formula is C8H14O4. The molecule has 4 heteroatoms. The van der Waals surface area contributed by atoms with Crippen molar-refractivity contribution in [1.29, 1.82) is 0 Å². The summed E-state index contributed by atoms with van der Waals surface area (Å²) in [6, 6.07) is 0. The molecule has 1 N–H and O–H groups in total. The summed E-state index contributed by atoms with van der Waals surface area (Å²) in [5.74, 6) is -0.495. The Hall–Kier alpha value is -0.870. The van der Waals surface area contributed by atoms with E-state index in [1.54, 1.807) is 6.92 Å². The lowest BCUT2D eigenvalue weighted by atomic mass is 10.3. The molecule has 70 valence electrons. The van der Waals surface area contributed by atoms with Crippen molar-refractivity contribution in [2.45, 2.75) is 13.0 Å². The van der Waals surface area contributed by atoms with Crippen molar-refractivity contribution in [3.8, 4) is 0 Å². The van der Waals surface area contributed by atoms with E-state index in [1.165, 1.54) is 7.11 Å². The van der Waals surface area contributed by atoms with Gasteiger partial charge in [-0.2, -0.15) is 0 Å². The van der Waals surface area contributed by atoms with Gasteiger partial charge in [-0.15, -0.1) is 0 Å². The Balaban J connectivity index is 3.54. The van der Waals surface area contributed by atoms with Crippen LogP contribution in [-0.4, -0.2) is 37.5 Å². The third kappa shape index (κ3) is 4.87. The molecule has 0 heterocycles. The number of carbonyl (C=O) groups is 1. The summed E-state index contributed by atoms with van der Waals surface area (Å²) in [5, 5.41) is 9.05. The van der Waals surface area contributed by atoms with Crippen LogP contribution >= 0.6 is 0 Å². The Labute approximate surface area is 71.8 Å². The second-order valence-corrected chi connectivity index (χ2v) is 2.49. The zero-order chi connectivity index (χ0) is 9.56. The number of aliphatic hydroxyl groups is 1. The van der Waals surface area contributed by atoms with Crippen molar-refractivity contribution in [2.24, 2.45) is 0 Å². The molecule has 0 spiro atoms. The van der Waals surface area contributed by atoms with Crippen LogP contribution in [0.25, 0.3) is 0 Å². The number of esters is 1. The lowest BCUT2D eigenvalue weighted by Gasteiger charge is -2.09. The van der Waals surface area contributed by atoms with Crippen molar-refractivity contribution in [3.05, 3.63) is 12.2 Å². The van der Waals surface area contributed by atoms with Gasteiger partial charge in [-0.1, -0.05) is 6.58 Å². The summed E-state index contributed by atoms with van der Waals surface area (Å²) >= 11 is 0. The Morgan fingerprint density at radius 1 is 1.58 bits per heavy atom. The quantitative estimate of drug-likeness (QED) is 0.475. The van der Waals surface area contributed by atoms with Crippen LogP contribution in [0.1, 0.15) is 6.92 Å². The molecule has 0 fully saturated rings. The zero-order valence-corrected chi connectivity index (χ0v) is 7.37. The third-order valence-corrected chi connectivity index (χ3v) is 1.11. The van der Waals surface area contributed by atoms with E-state index < -0.39 is 12.1 Å². The van der Waals surface area contributed by atoms with Crippen LogP contribution in [-0.2, 0) is 14.3 Å². The lowest BCUT2D eigenvalue weighted by Crippen LogP contribution is -2.23. The SMILES string of the molecule is C=C(C)C(=O)OCC(O)COC. The minimum absolute atomic E-state index is 0.0560. The molecule has 0 aliphatic heterocycles. The van der Waals surface area contributed by atoms with E-state index in [0.717, 1.165) is 0 Å². The summed E-state index contributed by atoms with van der Waals surface area (Å²) in [7, 11) is 1.46. The summed E-state index contributed by atoms with van der Waals surface area (Å²) in [4.78, 5) is 10.8. The van der Waals surface area contributed by atoms with Crippen LogP contribution in [0.4, 0.5) is 0 Å². The van der Waals surface area contributed by atoms with Gasteiger partial charge in [0.1, 0.15) is 12.7 Å². The lowest BCUT2D eigenvalue weighted by molar-refractivity contribution is -0.142. The van der Waals surface area contributed by atoms with Crippen molar-refractivity contribution < 1.29 is 19.4 Å². The molecule has 1 unspecified atom stereocenters. The number of methoxy groups -OCH3 is 1. The molecule has 0 aromatic rings. The average molecular weight is 174 g/mol. The molecule has 1 atom stereocenters. The Kier molecular flexibility index (Phi) is 5.32. The fourth-order valence-electron chi connectivity index (χ4n) is 0.536. The minimum Gasteiger partial charge on any atom is -0.460 e. The minimum atomic E-state index is -0.765. The molecule has 0 saturated carbocycles. The number of carbonyl (C=O) groups excluding carboxylic acids is 1. The van der Waals surface area contributed by atoms with E-state index in [-0.39, 0.29) is 13.2 Å². The first-order valence-electron chi connectivity index (χ1n) is 3.57. The van der Waals surface area contributed by atoms with Gasteiger partial charge >= 0.3 is 5.97 Å². The van der Waals surface area contributed by atoms with Crippen LogP contribution in [0.5, 0.6) is 0 Å². The van der Waals surface area contributed by atoms with Crippen LogP contribution in [0.2, 0.25) is 0 Å². The second-order valence-electron chi connectivity index (χ2n) is 2.49. The molecule has 0 saturated heterocycles. The van der Waals surface area contributed by atoms with Gasteiger partial charge in [0.15, 0.2) is 0 Å². The third-order valence-electron chi connectivity index (χ3n) is 1.11. The van der Waals surface area contributed by atoms with E-state index in [1.807, 2.05) is 0 Å². The van der Waals surface area contributed by atoms with Crippen molar-refractivity contribution >= 4 is 5.97 Å². The van der Waals surface area contributed by atoms with Gasteiger partial charge < -0.3 is 14.6 Å². The van der Waals surface area contributed by atoms with E-state index >= 15 is 0 Å². The van der Waals surface area contributed by atoms with Crippen molar-refractivity contribution in [3.63, 3.8) is 0 Å². The molecule has 0 bridgehead atoms. The van der Waals surface area contributed by atoms with E-state index in [9.17, 15) is 4.79 Å². The highest BCUT2D eigenvalue weighted by atomic mass is 16.5. The van der Waals surface area contributed by atoms with Gasteiger partial charge in [0, 0.05) is 12.7 Å². The van der Waals surface area contributed by atoms with E-state index in [2.05, 4.69) is 16.1 Å².